The molecular weight excluding hydrogens is 248 g/mol. The third-order valence-corrected chi connectivity index (χ3v) is 2.72. The number of anilines is 1. The predicted octanol–water partition coefficient (Wildman–Crippen LogP) is 3.59. The molecule has 5 heteroatoms. The second-order valence-electron chi connectivity index (χ2n) is 4.53. The fourth-order valence-electron chi connectivity index (χ4n) is 1.68. The second-order valence-corrected chi connectivity index (χ2v) is 4.53. The minimum Gasteiger partial charge on any atom is -0.373 e. The highest BCUT2D eigenvalue weighted by Gasteiger charge is 2.13. The summed E-state index contributed by atoms with van der Waals surface area (Å²) in [6, 6.07) is 4.92. The van der Waals surface area contributed by atoms with Crippen LogP contribution in [0.1, 0.15) is 25.6 Å². The van der Waals surface area contributed by atoms with E-state index in [2.05, 4.69) is 15.3 Å². The minimum atomic E-state index is -0.503. The molecule has 1 aromatic carbocycles. The first-order valence-electron chi connectivity index (χ1n) is 6.03. The molecule has 1 N–H and O–H groups in total. The van der Waals surface area contributed by atoms with Crippen LogP contribution in [0.4, 0.5) is 14.6 Å². The van der Waals surface area contributed by atoms with Crippen molar-refractivity contribution >= 4 is 5.82 Å². The largest absolute Gasteiger partial charge is 0.373 e. The van der Waals surface area contributed by atoms with Gasteiger partial charge in [-0.15, -0.1) is 0 Å². The molecule has 0 amide bonds. The number of benzene rings is 1. The summed E-state index contributed by atoms with van der Waals surface area (Å²) in [4.78, 5) is 8.59. The van der Waals surface area contributed by atoms with Crippen LogP contribution < -0.4 is 5.32 Å². The monoisotopic (exact) mass is 263 g/mol. The zero-order chi connectivity index (χ0) is 14.0. The highest BCUT2D eigenvalue weighted by atomic mass is 19.1. The summed E-state index contributed by atoms with van der Waals surface area (Å²) in [5.74, 6) is 0.274. The topological polar surface area (TPSA) is 37.8 Å². The molecule has 0 saturated heterocycles. The van der Waals surface area contributed by atoms with Gasteiger partial charge < -0.3 is 5.32 Å². The Kier molecular flexibility index (Phi) is 3.74. The van der Waals surface area contributed by atoms with Gasteiger partial charge in [0.05, 0.1) is 5.69 Å². The summed E-state index contributed by atoms with van der Waals surface area (Å²) in [7, 11) is 1.72. The summed E-state index contributed by atoms with van der Waals surface area (Å²) in [5.41, 5.74) is 0.515. The van der Waals surface area contributed by atoms with E-state index in [4.69, 9.17) is 0 Å². The van der Waals surface area contributed by atoms with Crippen LogP contribution in [-0.2, 0) is 0 Å². The van der Waals surface area contributed by atoms with Gasteiger partial charge in [-0.1, -0.05) is 13.8 Å². The van der Waals surface area contributed by atoms with Gasteiger partial charge in [0.25, 0.3) is 0 Å². The van der Waals surface area contributed by atoms with Crippen LogP contribution in [0.3, 0.4) is 0 Å². The maximum atomic E-state index is 13.8. The summed E-state index contributed by atoms with van der Waals surface area (Å²) in [6.45, 7) is 3.89. The third kappa shape index (κ3) is 2.86. The van der Waals surface area contributed by atoms with Crippen LogP contribution in [0.25, 0.3) is 11.3 Å². The first-order valence-corrected chi connectivity index (χ1v) is 6.03. The molecule has 0 atom stereocenters. The van der Waals surface area contributed by atoms with Gasteiger partial charge in [-0.25, -0.2) is 18.7 Å². The molecule has 0 aliphatic carbocycles. The summed E-state index contributed by atoms with van der Waals surface area (Å²) in [6.07, 6.45) is 0. The Morgan fingerprint density at radius 3 is 2.47 bits per heavy atom. The zero-order valence-electron chi connectivity index (χ0n) is 11.0. The van der Waals surface area contributed by atoms with Crippen LogP contribution in [0.5, 0.6) is 0 Å². The van der Waals surface area contributed by atoms with Gasteiger partial charge in [-0.3, -0.25) is 0 Å². The van der Waals surface area contributed by atoms with E-state index in [0.717, 1.165) is 18.2 Å². The summed E-state index contributed by atoms with van der Waals surface area (Å²) >= 11 is 0. The second kappa shape index (κ2) is 5.30. The van der Waals surface area contributed by atoms with E-state index in [0.29, 0.717) is 17.3 Å². The fraction of sp³-hybridized carbons (Fsp3) is 0.286. The average molecular weight is 263 g/mol. The lowest BCUT2D eigenvalue weighted by atomic mass is 10.1. The lowest BCUT2D eigenvalue weighted by Crippen LogP contribution is -2.04. The number of aromatic nitrogens is 2. The van der Waals surface area contributed by atoms with Gasteiger partial charge in [0, 0.05) is 24.6 Å². The molecule has 2 rings (SSSR count). The molecule has 0 radical (unpaired) electrons. The normalized spacial score (nSPS) is 10.8. The quantitative estimate of drug-likeness (QED) is 0.919. The van der Waals surface area contributed by atoms with Gasteiger partial charge in [0.1, 0.15) is 23.3 Å². The number of nitrogens with zero attached hydrogens (tertiary/aromatic N) is 2. The van der Waals surface area contributed by atoms with Crippen molar-refractivity contribution < 1.29 is 8.78 Å². The lowest BCUT2D eigenvalue weighted by Gasteiger charge is -2.10. The van der Waals surface area contributed by atoms with Gasteiger partial charge in [0.15, 0.2) is 0 Å². The van der Waals surface area contributed by atoms with Crippen molar-refractivity contribution in [3.63, 3.8) is 0 Å². The molecule has 0 unspecified atom stereocenters. The smallest absolute Gasteiger partial charge is 0.133 e. The van der Waals surface area contributed by atoms with E-state index in [1.807, 2.05) is 13.8 Å². The molecular formula is C14H15F2N3. The maximum absolute atomic E-state index is 13.8. The van der Waals surface area contributed by atoms with Crippen molar-refractivity contribution in [1.82, 2.24) is 9.97 Å². The summed E-state index contributed by atoms with van der Waals surface area (Å²) in [5, 5.41) is 2.90. The molecule has 2 aromatic rings. The van der Waals surface area contributed by atoms with E-state index in [9.17, 15) is 8.78 Å². The van der Waals surface area contributed by atoms with Crippen molar-refractivity contribution in [1.29, 1.82) is 0 Å². The number of hydrogen-bond acceptors (Lipinski definition) is 3. The van der Waals surface area contributed by atoms with Gasteiger partial charge in [0.2, 0.25) is 0 Å². The lowest BCUT2D eigenvalue weighted by molar-refractivity contribution is 0.602. The molecule has 100 valence electrons. The first-order chi connectivity index (χ1) is 9.01. The first kappa shape index (κ1) is 13.4. The number of halogens is 2. The van der Waals surface area contributed by atoms with Gasteiger partial charge in [-0.05, 0) is 18.2 Å². The third-order valence-electron chi connectivity index (χ3n) is 2.72. The number of hydrogen-bond donors (Lipinski definition) is 1. The Hall–Kier alpha value is -2.04. The van der Waals surface area contributed by atoms with E-state index in [1.54, 1.807) is 13.1 Å². The Morgan fingerprint density at radius 1 is 1.11 bits per heavy atom. The Labute approximate surface area is 110 Å². The molecule has 0 spiro atoms. The molecule has 0 saturated carbocycles. The average Bonchev–Trinajstić information content (AvgIpc) is 2.40. The van der Waals surface area contributed by atoms with Crippen LogP contribution in [-0.4, -0.2) is 17.0 Å². The Bertz CT molecular complexity index is 597. The SMILES string of the molecule is CNc1cc(-c2cc(F)ccc2F)nc(C(C)C)n1. The highest BCUT2D eigenvalue weighted by molar-refractivity contribution is 5.63. The molecule has 19 heavy (non-hydrogen) atoms. The highest BCUT2D eigenvalue weighted by Crippen LogP contribution is 2.25. The zero-order valence-corrected chi connectivity index (χ0v) is 11.0. The molecule has 1 heterocycles. The standard InChI is InChI=1S/C14H15F2N3/c1-8(2)14-18-12(7-13(17-3)19-14)10-6-9(15)4-5-11(10)16/h4-8H,1-3H3,(H,17,18,19). The van der Waals surface area contributed by atoms with Crippen LogP contribution in [0, 0.1) is 11.6 Å². The van der Waals surface area contributed by atoms with E-state index < -0.39 is 11.6 Å². The molecule has 0 aliphatic rings. The van der Waals surface area contributed by atoms with E-state index in [1.165, 1.54) is 0 Å². The van der Waals surface area contributed by atoms with Gasteiger partial charge in [-0.2, -0.15) is 0 Å². The molecule has 0 aliphatic heterocycles. The molecule has 0 fully saturated rings. The minimum absolute atomic E-state index is 0.101. The predicted molar refractivity (Wildman–Crippen MR) is 71.0 cm³/mol. The molecule has 3 nitrogen and oxygen atoms in total. The van der Waals surface area contributed by atoms with Crippen molar-refractivity contribution in [2.24, 2.45) is 0 Å². The Morgan fingerprint density at radius 2 is 1.84 bits per heavy atom. The van der Waals surface area contributed by atoms with E-state index in [-0.39, 0.29) is 11.5 Å². The van der Waals surface area contributed by atoms with Crippen molar-refractivity contribution in [2.75, 3.05) is 12.4 Å². The van der Waals surface area contributed by atoms with Crippen LogP contribution >= 0.6 is 0 Å². The fourth-order valence-corrected chi connectivity index (χ4v) is 1.68. The van der Waals surface area contributed by atoms with Crippen molar-refractivity contribution in [3.8, 4) is 11.3 Å². The summed E-state index contributed by atoms with van der Waals surface area (Å²) < 4.78 is 27.0. The van der Waals surface area contributed by atoms with Crippen molar-refractivity contribution in [2.45, 2.75) is 19.8 Å². The number of rotatable bonds is 3. The van der Waals surface area contributed by atoms with Crippen molar-refractivity contribution in [3.05, 3.63) is 41.7 Å². The molecule has 1 aromatic heterocycles. The van der Waals surface area contributed by atoms with E-state index >= 15 is 0 Å². The molecule has 0 bridgehead atoms. The Balaban J connectivity index is 2.60. The van der Waals surface area contributed by atoms with Crippen LogP contribution in [0.2, 0.25) is 0 Å². The van der Waals surface area contributed by atoms with Crippen LogP contribution in [0.15, 0.2) is 24.3 Å². The van der Waals surface area contributed by atoms with Gasteiger partial charge >= 0.3 is 0 Å². The maximum Gasteiger partial charge on any atom is 0.133 e. The number of nitrogens with one attached hydrogen (secondary N) is 1.